The molecule has 2 N–H and O–H groups in total. The molecule has 0 radical (unpaired) electrons. The molecule has 0 aliphatic heterocycles. The summed E-state index contributed by atoms with van der Waals surface area (Å²) < 4.78 is 11.4. The van der Waals surface area contributed by atoms with Crippen molar-refractivity contribution in [1.82, 2.24) is 10.3 Å². The van der Waals surface area contributed by atoms with Gasteiger partial charge in [0.2, 0.25) is 5.89 Å². The van der Waals surface area contributed by atoms with Crippen molar-refractivity contribution in [2.45, 2.75) is 27.7 Å². The molecule has 0 saturated carbocycles. The molecular formula is C26H24ClN3O3S. The van der Waals surface area contributed by atoms with Crippen molar-refractivity contribution in [3.8, 4) is 17.2 Å². The van der Waals surface area contributed by atoms with E-state index < -0.39 is 0 Å². The summed E-state index contributed by atoms with van der Waals surface area (Å²) in [5, 5.41) is 6.31. The van der Waals surface area contributed by atoms with Crippen LogP contribution in [0.1, 0.15) is 34.0 Å². The number of amides is 1. The van der Waals surface area contributed by atoms with Gasteiger partial charge in [-0.15, -0.1) is 0 Å². The molecular weight excluding hydrogens is 470 g/mol. The Kier molecular flexibility index (Phi) is 6.86. The number of halogens is 1. The summed E-state index contributed by atoms with van der Waals surface area (Å²) in [5.74, 6) is 0.668. The van der Waals surface area contributed by atoms with E-state index in [-0.39, 0.29) is 11.0 Å². The predicted molar refractivity (Wildman–Crippen MR) is 140 cm³/mol. The summed E-state index contributed by atoms with van der Waals surface area (Å²) >= 11 is 11.6. The number of ether oxygens (including phenoxy) is 1. The van der Waals surface area contributed by atoms with Gasteiger partial charge in [-0.3, -0.25) is 10.1 Å². The first-order valence-corrected chi connectivity index (χ1v) is 11.6. The van der Waals surface area contributed by atoms with Crippen LogP contribution in [0.3, 0.4) is 0 Å². The summed E-state index contributed by atoms with van der Waals surface area (Å²) in [6.07, 6.45) is 0. The molecule has 4 aromatic rings. The molecule has 1 amide bonds. The summed E-state index contributed by atoms with van der Waals surface area (Å²) in [5.41, 5.74) is 6.72. The molecule has 0 fully saturated rings. The Balaban J connectivity index is 1.51. The highest BCUT2D eigenvalue weighted by Crippen LogP contribution is 2.29. The fraction of sp³-hybridized carbons (Fsp3) is 0.192. The zero-order chi connectivity index (χ0) is 24.4. The number of nitrogens with one attached hydrogen (secondary N) is 2. The van der Waals surface area contributed by atoms with Crippen molar-refractivity contribution in [2.75, 3.05) is 11.9 Å². The number of carbonyl (C=O) groups is 1. The summed E-state index contributed by atoms with van der Waals surface area (Å²) in [6.45, 7) is 8.39. The maximum atomic E-state index is 12.6. The van der Waals surface area contributed by atoms with Crippen LogP contribution in [-0.4, -0.2) is 22.6 Å². The van der Waals surface area contributed by atoms with E-state index in [4.69, 9.17) is 33.0 Å². The Morgan fingerprint density at radius 1 is 1.06 bits per heavy atom. The van der Waals surface area contributed by atoms with Crippen LogP contribution in [0, 0.1) is 20.8 Å². The highest BCUT2D eigenvalue weighted by atomic mass is 35.5. The number of fused-ring (bicyclic) bond motifs is 1. The smallest absolute Gasteiger partial charge is 0.257 e. The molecule has 3 aromatic carbocycles. The van der Waals surface area contributed by atoms with Gasteiger partial charge in [-0.1, -0.05) is 17.7 Å². The predicted octanol–water partition coefficient (Wildman–Crippen LogP) is 6.60. The van der Waals surface area contributed by atoms with E-state index in [9.17, 15) is 4.79 Å². The second-order valence-corrected chi connectivity index (χ2v) is 8.75. The minimum Gasteiger partial charge on any atom is -0.492 e. The minimum absolute atomic E-state index is 0.166. The fourth-order valence-electron chi connectivity index (χ4n) is 3.44. The van der Waals surface area contributed by atoms with Gasteiger partial charge in [0.25, 0.3) is 5.91 Å². The first-order chi connectivity index (χ1) is 16.2. The number of benzene rings is 3. The van der Waals surface area contributed by atoms with Gasteiger partial charge in [-0.25, -0.2) is 4.98 Å². The second kappa shape index (κ2) is 9.83. The number of thiocarbonyl (C=S) groups is 1. The maximum absolute atomic E-state index is 12.6. The van der Waals surface area contributed by atoms with Gasteiger partial charge in [0.05, 0.1) is 11.6 Å². The molecule has 4 rings (SSSR count). The Hall–Kier alpha value is -3.42. The lowest BCUT2D eigenvalue weighted by molar-refractivity contribution is 0.0977. The first kappa shape index (κ1) is 23.7. The molecule has 174 valence electrons. The van der Waals surface area contributed by atoms with Crippen molar-refractivity contribution in [3.05, 3.63) is 75.8 Å². The zero-order valence-electron chi connectivity index (χ0n) is 19.3. The Morgan fingerprint density at radius 2 is 1.82 bits per heavy atom. The second-order valence-electron chi connectivity index (χ2n) is 7.94. The van der Waals surface area contributed by atoms with Crippen molar-refractivity contribution in [2.24, 2.45) is 0 Å². The third kappa shape index (κ3) is 5.05. The van der Waals surface area contributed by atoms with Crippen LogP contribution in [0.5, 0.6) is 5.75 Å². The lowest BCUT2D eigenvalue weighted by Crippen LogP contribution is -2.34. The average molecular weight is 494 g/mol. The maximum Gasteiger partial charge on any atom is 0.257 e. The van der Waals surface area contributed by atoms with E-state index >= 15 is 0 Å². The van der Waals surface area contributed by atoms with Crippen LogP contribution in [-0.2, 0) is 0 Å². The van der Waals surface area contributed by atoms with Crippen molar-refractivity contribution in [3.63, 3.8) is 0 Å². The third-order valence-electron chi connectivity index (χ3n) is 5.46. The van der Waals surface area contributed by atoms with Crippen LogP contribution in [0.25, 0.3) is 22.6 Å². The Labute approximate surface area is 208 Å². The summed E-state index contributed by atoms with van der Waals surface area (Å²) in [7, 11) is 0. The number of aryl methyl sites for hydroxylation is 3. The van der Waals surface area contributed by atoms with Crippen LogP contribution < -0.4 is 15.4 Å². The van der Waals surface area contributed by atoms with Gasteiger partial charge < -0.3 is 14.5 Å². The highest BCUT2D eigenvalue weighted by Gasteiger charge is 2.14. The number of aromatic nitrogens is 1. The monoisotopic (exact) mass is 493 g/mol. The lowest BCUT2D eigenvalue weighted by atomic mass is 10.1. The molecule has 0 bridgehead atoms. The number of carbonyl (C=O) groups excluding carboxylic acids is 1. The van der Waals surface area contributed by atoms with Crippen LogP contribution >= 0.6 is 23.8 Å². The van der Waals surface area contributed by atoms with Crippen molar-refractivity contribution in [1.29, 1.82) is 0 Å². The Morgan fingerprint density at radius 3 is 2.56 bits per heavy atom. The van der Waals surface area contributed by atoms with Crippen LogP contribution in [0.15, 0.2) is 52.9 Å². The molecule has 0 spiro atoms. The lowest BCUT2D eigenvalue weighted by Gasteiger charge is -2.13. The number of nitrogens with zero attached hydrogens (tertiary/aromatic N) is 1. The molecule has 8 heteroatoms. The van der Waals surface area contributed by atoms with Gasteiger partial charge in [0.1, 0.15) is 11.3 Å². The largest absolute Gasteiger partial charge is 0.492 e. The highest BCUT2D eigenvalue weighted by molar-refractivity contribution is 7.80. The number of rotatable bonds is 5. The van der Waals surface area contributed by atoms with Gasteiger partial charge >= 0.3 is 0 Å². The molecule has 34 heavy (non-hydrogen) atoms. The Bertz CT molecular complexity index is 1380. The van der Waals surface area contributed by atoms with Crippen molar-refractivity contribution < 1.29 is 13.9 Å². The van der Waals surface area contributed by atoms with E-state index in [2.05, 4.69) is 15.6 Å². The van der Waals surface area contributed by atoms with Gasteiger partial charge in [0, 0.05) is 16.8 Å². The summed E-state index contributed by atoms with van der Waals surface area (Å²) in [6, 6.07) is 14.6. The number of hydrogen-bond acceptors (Lipinski definition) is 5. The standard InChI is InChI=1S/C26H24ClN3O3S/c1-5-32-22-9-8-17(12-19(22)27)24(31)30-26(34)29-20-13-18(7-6-14(20)2)25-28-21-10-15(3)16(4)11-23(21)33-25/h6-13H,5H2,1-4H3,(H2,29,30,31,34). The van der Waals surface area contributed by atoms with E-state index in [1.54, 1.807) is 18.2 Å². The summed E-state index contributed by atoms with van der Waals surface area (Å²) in [4.78, 5) is 17.3. The minimum atomic E-state index is -0.374. The van der Waals surface area contributed by atoms with E-state index in [0.717, 1.165) is 39.0 Å². The molecule has 0 unspecified atom stereocenters. The number of hydrogen-bond donors (Lipinski definition) is 2. The molecule has 6 nitrogen and oxygen atoms in total. The van der Waals surface area contributed by atoms with Gasteiger partial charge in [-0.05, 0) is 99.1 Å². The van der Waals surface area contributed by atoms with Crippen molar-refractivity contribution >= 4 is 51.6 Å². The first-order valence-electron chi connectivity index (χ1n) is 10.8. The third-order valence-corrected chi connectivity index (χ3v) is 5.96. The van der Waals surface area contributed by atoms with Gasteiger partial charge in [0.15, 0.2) is 10.7 Å². The molecule has 0 aliphatic carbocycles. The van der Waals surface area contributed by atoms with Crippen LogP contribution in [0.4, 0.5) is 5.69 Å². The normalized spacial score (nSPS) is 10.9. The average Bonchev–Trinajstić information content (AvgIpc) is 3.19. The zero-order valence-corrected chi connectivity index (χ0v) is 20.9. The number of anilines is 1. The fourth-order valence-corrected chi connectivity index (χ4v) is 3.87. The molecule has 1 aromatic heterocycles. The SMILES string of the molecule is CCOc1ccc(C(=O)NC(=S)Nc2cc(-c3nc4cc(C)c(C)cc4o3)ccc2C)cc1Cl. The quantitative estimate of drug-likeness (QED) is 0.305. The van der Waals surface area contributed by atoms with Crippen LogP contribution in [0.2, 0.25) is 5.02 Å². The van der Waals surface area contributed by atoms with E-state index in [1.165, 1.54) is 0 Å². The van der Waals surface area contributed by atoms with E-state index in [1.807, 2.05) is 58.0 Å². The van der Waals surface area contributed by atoms with E-state index in [0.29, 0.717) is 28.8 Å². The molecule has 0 saturated heterocycles. The topological polar surface area (TPSA) is 76.4 Å². The van der Waals surface area contributed by atoms with Gasteiger partial charge in [-0.2, -0.15) is 0 Å². The molecule has 0 atom stereocenters. The molecule has 1 heterocycles. The number of oxazole rings is 1. The molecule has 0 aliphatic rings.